The molecular formula is C36H41N9O7. The zero-order chi connectivity index (χ0) is 36.1. The van der Waals surface area contributed by atoms with Gasteiger partial charge in [0.25, 0.3) is 5.91 Å². The number of nitrogens with two attached hydrogens (primary N) is 1. The fraction of sp³-hybridized carbons (Fsp3) is 0.306. The number of hydrogen-bond donors (Lipinski definition) is 5. The van der Waals surface area contributed by atoms with Crippen LogP contribution in [0.25, 0.3) is 22.6 Å². The lowest BCUT2D eigenvalue weighted by Crippen LogP contribution is -2.29. The van der Waals surface area contributed by atoms with Crippen LogP contribution >= 0.6 is 0 Å². The molecule has 272 valence electrons. The van der Waals surface area contributed by atoms with E-state index in [0.29, 0.717) is 42.6 Å². The molecule has 16 nitrogen and oxygen atoms in total. The fourth-order valence-electron chi connectivity index (χ4n) is 5.38. The van der Waals surface area contributed by atoms with Gasteiger partial charge in [0.2, 0.25) is 11.7 Å². The molecule has 6 aromatic rings. The Balaban J connectivity index is 0.000000167. The summed E-state index contributed by atoms with van der Waals surface area (Å²) >= 11 is 0. The summed E-state index contributed by atoms with van der Waals surface area (Å²) in [5.41, 5.74) is 12.6. The third-order valence-electron chi connectivity index (χ3n) is 8.30. The van der Waals surface area contributed by atoms with Crippen LogP contribution in [0.4, 0.5) is 0 Å². The van der Waals surface area contributed by atoms with E-state index in [1.807, 2.05) is 63.2 Å². The first-order valence-electron chi connectivity index (χ1n) is 16.3. The monoisotopic (exact) mass is 711 g/mol. The van der Waals surface area contributed by atoms with Crippen molar-refractivity contribution in [1.29, 1.82) is 0 Å². The van der Waals surface area contributed by atoms with Crippen molar-refractivity contribution < 1.29 is 33.2 Å². The molecule has 2 aromatic carbocycles. The van der Waals surface area contributed by atoms with Gasteiger partial charge >= 0.3 is 5.97 Å². The Labute approximate surface area is 299 Å². The molecule has 2 aliphatic heterocycles. The van der Waals surface area contributed by atoms with Crippen LogP contribution in [0, 0.1) is 13.8 Å². The number of carbonyl (C=O) groups excluding carboxylic acids is 1. The highest BCUT2D eigenvalue weighted by Crippen LogP contribution is 2.36. The summed E-state index contributed by atoms with van der Waals surface area (Å²) in [6, 6.07) is 13.4. The van der Waals surface area contributed by atoms with E-state index in [1.54, 1.807) is 6.92 Å². The highest BCUT2D eigenvalue weighted by Gasteiger charge is 2.28. The quantitative estimate of drug-likeness (QED) is 0.137. The van der Waals surface area contributed by atoms with Crippen LogP contribution in [0.1, 0.15) is 88.2 Å². The highest BCUT2D eigenvalue weighted by molar-refractivity contribution is 5.95. The third kappa shape index (κ3) is 8.02. The lowest BCUT2D eigenvalue weighted by atomic mass is 10.0. The van der Waals surface area contributed by atoms with E-state index in [1.165, 1.54) is 12.4 Å². The summed E-state index contributed by atoms with van der Waals surface area (Å²) in [5, 5.41) is 32.1. The molecule has 0 spiro atoms. The van der Waals surface area contributed by atoms with E-state index in [-0.39, 0.29) is 31.0 Å². The van der Waals surface area contributed by atoms with Crippen LogP contribution in [-0.2, 0) is 12.8 Å². The van der Waals surface area contributed by atoms with Gasteiger partial charge in [-0.05, 0) is 26.0 Å². The minimum absolute atomic E-state index is 0. The largest absolute Gasteiger partial charge is 0.491 e. The van der Waals surface area contributed by atoms with E-state index in [9.17, 15) is 9.59 Å². The lowest BCUT2D eigenvalue weighted by Gasteiger charge is -2.11. The molecule has 0 saturated heterocycles. The number of carboxylic acids is 1. The molecule has 0 bridgehead atoms. The van der Waals surface area contributed by atoms with E-state index >= 15 is 0 Å². The van der Waals surface area contributed by atoms with Crippen molar-refractivity contribution in [3.8, 4) is 34.1 Å². The number of aromatic carboxylic acids is 1. The van der Waals surface area contributed by atoms with Crippen molar-refractivity contribution in [2.75, 3.05) is 13.2 Å². The lowest BCUT2D eigenvalue weighted by molar-refractivity contribution is 0.0695. The first-order chi connectivity index (χ1) is 24.6. The summed E-state index contributed by atoms with van der Waals surface area (Å²) < 4.78 is 21.6. The smallest absolute Gasteiger partial charge is 0.339 e. The number of ether oxygens (including phenoxy) is 2. The van der Waals surface area contributed by atoms with Gasteiger partial charge in [0.05, 0.1) is 30.0 Å². The Bertz CT molecular complexity index is 2150. The topological polar surface area (TPSA) is 233 Å². The molecule has 0 unspecified atom stereocenters. The van der Waals surface area contributed by atoms with Gasteiger partial charge in [0, 0.05) is 52.5 Å². The van der Waals surface area contributed by atoms with Crippen LogP contribution in [0.2, 0.25) is 0 Å². The van der Waals surface area contributed by atoms with E-state index in [2.05, 4.69) is 41.0 Å². The summed E-state index contributed by atoms with van der Waals surface area (Å²) in [7, 11) is 0. The molecule has 0 radical (unpaired) electrons. The molecule has 52 heavy (non-hydrogen) atoms. The minimum Gasteiger partial charge on any atom is -0.491 e. The number of H-pyrrole nitrogens is 2. The maximum Gasteiger partial charge on any atom is 0.339 e. The van der Waals surface area contributed by atoms with Crippen LogP contribution in [0.3, 0.4) is 0 Å². The zero-order valence-corrected chi connectivity index (χ0v) is 28.4. The molecule has 2 atom stereocenters. The summed E-state index contributed by atoms with van der Waals surface area (Å²) in [6.45, 7) is 8.40. The maximum absolute atomic E-state index is 12.4. The van der Waals surface area contributed by atoms with Crippen LogP contribution in [0.5, 0.6) is 11.5 Å². The number of carboxylic acid groups (broad SMARTS) is 1. The van der Waals surface area contributed by atoms with Crippen LogP contribution in [0.15, 0.2) is 63.9 Å². The van der Waals surface area contributed by atoms with Crippen molar-refractivity contribution >= 4 is 11.9 Å². The number of nitrogens with zero attached hydrogens (tertiary/aromatic N) is 5. The molecule has 8 rings (SSSR count). The predicted octanol–water partition coefficient (Wildman–Crippen LogP) is 5.54. The van der Waals surface area contributed by atoms with Gasteiger partial charge in [-0.25, -0.2) is 4.79 Å². The average molecular weight is 712 g/mol. The number of hydrogen-bond acceptors (Lipinski definition) is 12. The summed E-state index contributed by atoms with van der Waals surface area (Å²) in [6.07, 6.45) is 4.35. The number of nitrogens with one attached hydrogen (secondary N) is 3. The minimum atomic E-state index is -0.943. The van der Waals surface area contributed by atoms with Gasteiger partial charge in [0.1, 0.15) is 41.7 Å². The number of aromatic amines is 2. The SMILES string of the molecule is C.CCc1cc(-c2ccc3c(c2)OC[C@H]3N)no1.CCc1nc(-c2ccc3c(c2)OC[C@H]3NC(=O)c2cn[nH]c2C)no1.Cc1[nH]ncc1C(=O)O. The van der Waals surface area contributed by atoms with Gasteiger partial charge in [0.15, 0.2) is 0 Å². The average Bonchev–Trinajstić information content (AvgIpc) is 3.99. The van der Waals surface area contributed by atoms with Crippen molar-refractivity contribution in [3.05, 3.63) is 100 Å². The van der Waals surface area contributed by atoms with Gasteiger partial charge in [-0.3, -0.25) is 15.0 Å². The number of benzene rings is 2. The second-order valence-corrected chi connectivity index (χ2v) is 11.8. The van der Waals surface area contributed by atoms with Gasteiger partial charge in [-0.15, -0.1) is 0 Å². The Morgan fingerprint density at radius 1 is 0.865 bits per heavy atom. The number of aryl methyl sites for hydroxylation is 4. The Morgan fingerprint density at radius 2 is 1.52 bits per heavy atom. The maximum atomic E-state index is 12.4. The molecule has 4 aromatic heterocycles. The number of rotatable bonds is 7. The molecular weight excluding hydrogens is 670 g/mol. The Morgan fingerprint density at radius 3 is 2.13 bits per heavy atom. The van der Waals surface area contributed by atoms with Gasteiger partial charge in [-0.1, -0.05) is 55.9 Å². The number of aromatic nitrogens is 7. The Hall–Kier alpha value is -6.29. The first kappa shape index (κ1) is 37.0. The van der Waals surface area contributed by atoms with Crippen molar-refractivity contribution in [1.82, 2.24) is 41.0 Å². The zero-order valence-electron chi connectivity index (χ0n) is 28.4. The predicted molar refractivity (Wildman–Crippen MR) is 189 cm³/mol. The standard InChI is InChI=1S/C17H17N5O3.C13H14N2O2.C5H6N2O2.CH4/c1-3-15-20-16(22-25-15)10-4-5-11-13(8-24-14(11)6-10)19-17(23)12-7-18-21-9(12)2;1-2-9-6-12(15-17-9)8-3-4-10-11(14)7-16-13(10)5-8;1-3-4(5(8)9)2-6-7-3;/h4-7,13H,3,8H2,1-2H3,(H,18,21)(H,19,23);3-6,11H,2,7,14H2,1H3;2H,1H3,(H,6,7)(H,8,9);1H4/t13-;11-;;/m11../s1. The molecule has 0 aliphatic carbocycles. The number of fused-ring (bicyclic) bond motifs is 2. The summed E-state index contributed by atoms with van der Waals surface area (Å²) in [5.74, 6) is 2.47. The normalized spacial score (nSPS) is 15.0. The second kappa shape index (κ2) is 16.2. The highest BCUT2D eigenvalue weighted by atomic mass is 16.5. The molecule has 0 fully saturated rings. The molecule has 16 heteroatoms. The molecule has 2 aliphatic rings. The second-order valence-electron chi connectivity index (χ2n) is 11.8. The number of amides is 1. The number of carbonyl (C=O) groups is 2. The van der Waals surface area contributed by atoms with Crippen LogP contribution in [-0.4, -0.2) is 65.9 Å². The summed E-state index contributed by atoms with van der Waals surface area (Å²) in [4.78, 5) is 26.9. The first-order valence-corrected chi connectivity index (χ1v) is 16.3. The van der Waals surface area contributed by atoms with Gasteiger partial charge < -0.3 is 34.7 Å². The van der Waals surface area contributed by atoms with Crippen molar-refractivity contribution in [2.24, 2.45) is 5.73 Å². The molecule has 6 heterocycles. The van der Waals surface area contributed by atoms with Crippen molar-refractivity contribution in [2.45, 2.75) is 60.0 Å². The van der Waals surface area contributed by atoms with Crippen molar-refractivity contribution in [3.63, 3.8) is 0 Å². The fourth-order valence-corrected chi connectivity index (χ4v) is 5.38. The molecule has 0 saturated carbocycles. The molecule has 6 N–H and O–H groups in total. The van der Waals surface area contributed by atoms with Gasteiger partial charge in [-0.2, -0.15) is 15.2 Å². The van der Waals surface area contributed by atoms with E-state index in [0.717, 1.165) is 57.3 Å². The van der Waals surface area contributed by atoms with E-state index < -0.39 is 5.97 Å². The Kier molecular flexibility index (Phi) is 11.5. The molecule has 1 amide bonds. The third-order valence-corrected chi connectivity index (χ3v) is 8.30. The van der Waals surface area contributed by atoms with Crippen LogP contribution < -0.4 is 20.5 Å². The van der Waals surface area contributed by atoms with E-state index in [4.69, 9.17) is 29.4 Å².